The summed E-state index contributed by atoms with van der Waals surface area (Å²) >= 11 is 0. The van der Waals surface area contributed by atoms with Crippen molar-refractivity contribution >= 4 is 10.9 Å². The van der Waals surface area contributed by atoms with Gasteiger partial charge in [0.1, 0.15) is 0 Å². The van der Waals surface area contributed by atoms with Crippen molar-refractivity contribution in [3.05, 3.63) is 35.5 Å². The molecule has 4 heteroatoms. The molecule has 2 aromatic rings. The molecule has 0 spiro atoms. The minimum absolute atomic E-state index is 0.0170. The molecule has 0 fully saturated rings. The Labute approximate surface area is 97.9 Å². The maximum absolute atomic E-state index is 14.0. The second-order valence-corrected chi connectivity index (χ2v) is 4.03. The minimum Gasteiger partial charge on any atom is -0.358 e. The molecule has 1 aromatic heterocycles. The first-order chi connectivity index (χ1) is 8.06. The number of hydrogen-bond acceptors (Lipinski definition) is 1. The summed E-state index contributed by atoms with van der Waals surface area (Å²) in [5.41, 5.74) is 1.19. The van der Waals surface area contributed by atoms with Crippen molar-refractivity contribution in [1.29, 1.82) is 5.26 Å². The average Bonchev–Trinajstić information content (AvgIpc) is 2.63. The second-order valence-electron chi connectivity index (χ2n) is 4.03. The van der Waals surface area contributed by atoms with Crippen LogP contribution in [0, 0.1) is 18.3 Å². The molecule has 1 heterocycles. The lowest BCUT2D eigenvalue weighted by atomic mass is 10.0. The largest absolute Gasteiger partial charge is 0.358 e. The van der Waals surface area contributed by atoms with Crippen molar-refractivity contribution in [3.63, 3.8) is 0 Å². The number of H-pyrrole nitrogens is 1. The van der Waals surface area contributed by atoms with Gasteiger partial charge in [0.05, 0.1) is 6.07 Å². The molecule has 0 amide bonds. The van der Waals surface area contributed by atoms with E-state index in [0.717, 1.165) is 0 Å². The summed E-state index contributed by atoms with van der Waals surface area (Å²) in [6, 6.07) is 8.74. The van der Waals surface area contributed by atoms with E-state index in [0.29, 0.717) is 16.6 Å². The lowest BCUT2D eigenvalue weighted by Gasteiger charge is -2.15. The number of nitrogens with one attached hydrogen (secondary N) is 1. The Morgan fingerprint density at radius 2 is 2.06 bits per heavy atom. The van der Waals surface area contributed by atoms with Crippen LogP contribution in [0.2, 0.25) is 0 Å². The van der Waals surface area contributed by atoms with Crippen molar-refractivity contribution in [3.8, 4) is 6.07 Å². The van der Waals surface area contributed by atoms with E-state index in [4.69, 9.17) is 5.26 Å². The van der Waals surface area contributed by atoms with E-state index >= 15 is 0 Å². The molecule has 88 valence electrons. The van der Waals surface area contributed by atoms with E-state index in [9.17, 15) is 8.78 Å². The Hall–Kier alpha value is -1.89. The number of rotatable bonds is 3. The normalized spacial score (nSPS) is 11.6. The van der Waals surface area contributed by atoms with Crippen molar-refractivity contribution in [1.82, 2.24) is 4.98 Å². The highest BCUT2D eigenvalue weighted by molar-refractivity contribution is 5.85. The third-order valence-corrected chi connectivity index (χ3v) is 2.81. The highest BCUT2D eigenvalue weighted by atomic mass is 19.3. The van der Waals surface area contributed by atoms with Gasteiger partial charge >= 0.3 is 0 Å². The number of aryl methyl sites for hydroxylation is 1. The fraction of sp³-hybridized carbons (Fsp3) is 0.308. The molecule has 2 rings (SSSR count). The number of alkyl halides is 2. The van der Waals surface area contributed by atoms with Gasteiger partial charge in [0.15, 0.2) is 0 Å². The predicted molar refractivity (Wildman–Crippen MR) is 61.8 cm³/mol. The van der Waals surface area contributed by atoms with Gasteiger partial charge in [-0.25, -0.2) is 8.78 Å². The zero-order valence-electron chi connectivity index (χ0n) is 9.43. The maximum atomic E-state index is 14.0. The number of nitrogens with zero attached hydrogens (tertiary/aromatic N) is 1. The number of nitriles is 1. The Morgan fingerprint density at radius 1 is 1.35 bits per heavy atom. The molecule has 17 heavy (non-hydrogen) atoms. The quantitative estimate of drug-likeness (QED) is 0.860. The molecule has 1 N–H and O–H groups in total. The van der Waals surface area contributed by atoms with E-state index in [2.05, 4.69) is 4.98 Å². The molecule has 0 aliphatic rings. The molecule has 2 nitrogen and oxygen atoms in total. The van der Waals surface area contributed by atoms with Crippen LogP contribution < -0.4 is 0 Å². The number of aromatic amines is 1. The number of para-hydroxylation sites is 1. The van der Waals surface area contributed by atoms with Gasteiger partial charge in [-0.1, -0.05) is 18.2 Å². The summed E-state index contributed by atoms with van der Waals surface area (Å²) < 4.78 is 28.0. The minimum atomic E-state index is -2.96. The van der Waals surface area contributed by atoms with Crippen molar-refractivity contribution < 1.29 is 8.78 Å². The monoisotopic (exact) mass is 234 g/mol. The molecule has 0 unspecified atom stereocenters. The molecule has 0 bridgehead atoms. The van der Waals surface area contributed by atoms with Crippen LogP contribution in [0.15, 0.2) is 24.3 Å². The van der Waals surface area contributed by atoms with Gasteiger partial charge in [-0.2, -0.15) is 5.26 Å². The number of fused-ring (bicyclic) bond motifs is 1. The third kappa shape index (κ3) is 2.01. The fourth-order valence-corrected chi connectivity index (χ4v) is 2.09. The van der Waals surface area contributed by atoms with Crippen LogP contribution in [-0.2, 0) is 5.92 Å². The van der Waals surface area contributed by atoms with Crippen molar-refractivity contribution in [2.24, 2.45) is 0 Å². The Balaban J connectivity index is 2.54. The molecular weight excluding hydrogens is 222 g/mol. The second kappa shape index (κ2) is 4.17. The molecule has 0 aliphatic heterocycles. The number of hydrogen-bond donors (Lipinski definition) is 1. The molecule has 0 aliphatic carbocycles. The topological polar surface area (TPSA) is 39.6 Å². The van der Waals surface area contributed by atoms with Gasteiger partial charge in [0.25, 0.3) is 5.92 Å². The molecule has 0 atom stereocenters. The van der Waals surface area contributed by atoms with E-state index in [1.54, 1.807) is 37.3 Å². The summed E-state index contributed by atoms with van der Waals surface area (Å²) in [7, 11) is 0. The van der Waals surface area contributed by atoms with Crippen LogP contribution in [0.25, 0.3) is 10.9 Å². The van der Waals surface area contributed by atoms with Gasteiger partial charge in [0, 0.05) is 35.0 Å². The van der Waals surface area contributed by atoms with E-state index in [1.165, 1.54) is 0 Å². The summed E-state index contributed by atoms with van der Waals surface area (Å²) in [5, 5.41) is 8.95. The number of halogens is 2. The molecule has 0 saturated carbocycles. The van der Waals surface area contributed by atoms with E-state index in [1.807, 2.05) is 0 Å². The van der Waals surface area contributed by atoms with Gasteiger partial charge in [0.2, 0.25) is 0 Å². The van der Waals surface area contributed by atoms with Crippen LogP contribution >= 0.6 is 0 Å². The summed E-state index contributed by atoms with van der Waals surface area (Å²) in [6.45, 7) is 1.63. The standard InChI is InChI=1S/C13H12F2N2/c1-9-12(13(14,15)7-4-8-16)10-5-2-3-6-11(10)17-9/h2-3,5-6,17H,4,7H2,1H3. The zero-order chi connectivity index (χ0) is 12.5. The highest BCUT2D eigenvalue weighted by Gasteiger charge is 2.35. The summed E-state index contributed by atoms with van der Waals surface area (Å²) in [4.78, 5) is 2.95. The first kappa shape index (κ1) is 11.6. The van der Waals surface area contributed by atoms with E-state index < -0.39 is 12.3 Å². The Morgan fingerprint density at radius 3 is 2.76 bits per heavy atom. The smallest absolute Gasteiger partial charge is 0.276 e. The Bertz CT molecular complexity index is 579. The van der Waals surface area contributed by atoms with Gasteiger partial charge in [-0.15, -0.1) is 0 Å². The molecule has 0 radical (unpaired) electrons. The predicted octanol–water partition coefficient (Wildman–Crippen LogP) is 3.87. The van der Waals surface area contributed by atoms with Crippen LogP contribution in [0.5, 0.6) is 0 Å². The van der Waals surface area contributed by atoms with Gasteiger partial charge in [-0.05, 0) is 13.0 Å². The zero-order valence-corrected chi connectivity index (χ0v) is 9.43. The Kier molecular flexibility index (Phi) is 2.84. The maximum Gasteiger partial charge on any atom is 0.276 e. The molecule has 1 aromatic carbocycles. The van der Waals surface area contributed by atoms with Crippen LogP contribution in [0.4, 0.5) is 8.78 Å². The highest BCUT2D eigenvalue weighted by Crippen LogP contribution is 2.39. The lowest BCUT2D eigenvalue weighted by molar-refractivity contribution is -0.0110. The van der Waals surface area contributed by atoms with Crippen molar-refractivity contribution in [2.75, 3.05) is 0 Å². The third-order valence-electron chi connectivity index (χ3n) is 2.81. The molecular formula is C13H12F2N2. The van der Waals surface area contributed by atoms with Crippen LogP contribution in [-0.4, -0.2) is 4.98 Å². The SMILES string of the molecule is Cc1[nH]c2ccccc2c1C(F)(F)CCC#N. The number of benzene rings is 1. The van der Waals surface area contributed by atoms with Crippen molar-refractivity contribution in [2.45, 2.75) is 25.7 Å². The first-order valence-corrected chi connectivity index (χ1v) is 5.39. The van der Waals surface area contributed by atoms with Crippen LogP contribution in [0.3, 0.4) is 0 Å². The summed E-state index contributed by atoms with van der Waals surface area (Å²) in [5.74, 6) is -2.96. The molecule has 0 saturated heterocycles. The van der Waals surface area contributed by atoms with E-state index in [-0.39, 0.29) is 12.0 Å². The van der Waals surface area contributed by atoms with Gasteiger partial charge < -0.3 is 4.98 Å². The lowest BCUT2D eigenvalue weighted by Crippen LogP contribution is -2.13. The first-order valence-electron chi connectivity index (χ1n) is 5.39. The summed E-state index contributed by atoms with van der Waals surface area (Å²) in [6.07, 6.45) is -0.585. The fourth-order valence-electron chi connectivity index (χ4n) is 2.09. The van der Waals surface area contributed by atoms with Crippen LogP contribution in [0.1, 0.15) is 24.1 Å². The number of aromatic nitrogens is 1. The van der Waals surface area contributed by atoms with Gasteiger partial charge in [-0.3, -0.25) is 0 Å². The average molecular weight is 234 g/mol.